The van der Waals surface area contributed by atoms with Crippen LogP contribution in [0, 0.1) is 11.3 Å². The molecule has 2 aliphatic rings. The van der Waals surface area contributed by atoms with Crippen LogP contribution in [0.2, 0.25) is 0 Å². The van der Waals surface area contributed by atoms with Crippen LogP contribution in [0.15, 0.2) is 0 Å². The Morgan fingerprint density at radius 1 is 1.05 bits per heavy atom. The number of fused-ring (bicyclic) bond motifs is 1. The Morgan fingerprint density at radius 3 is 2.67 bits per heavy atom. The second kappa shape index (κ2) is 8.53. The zero-order valence-corrected chi connectivity index (χ0v) is 14.7. The summed E-state index contributed by atoms with van der Waals surface area (Å²) in [6.45, 7) is 9.46. The first-order valence-electron chi connectivity index (χ1n) is 9.57. The van der Waals surface area contributed by atoms with Gasteiger partial charge in [0.2, 0.25) is 0 Å². The fourth-order valence-corrected chi connectivity index (χ4v) is 4.26. The molecule has 1 heterocycles. The van der Waals surface area contributed by atoms with Crippen LogP contribution in [0.5, 0.6) is 0 Å². The van der Waals surface area contributed by atoms with Gasteiger partial charge in [-0.15, -0.1) is 0 Å². The Balaban J connectivity index is 1.62. The number of hydrogen-bond acceptors (Lipinski definition) is 2. The van der Waals surface area contributed by atoms with Crippen LogP contribution in [0.4, 0.5) is 0 Å². The summed E-state index contributed by atoms with van der Waals surface area (Å²) in [6, 6.07) is 1.55. The molecular weight excluding hydrogens is 256 g/mol. The Morgan fingerprint density at radius 2 is 1.86 bits per heavy atom. The lowest BCUT2D eigenvalue weighted by Gasteiger charge is -2.41. The average Bonchev–Trinajstić information content (AvgIpc) is 2.47. The van der Waals surface area contributed by atoms with Crippen molar-refractivity contribution >= 4 is 0 Å². The van der Waals surface area contributed by atoms with Crippen molar-refractivity contribution in [2.45, 2.75) is 97.1 Å². The number of piperidine rings is 1. The van der Waals surface area contributed by atoms with Gasteiger partial charge in [0.15, 0.2) is 0 Å². The van der Waals surface area contributed by atoms with Crippen LogP contribution in [-0.2, 0) is 0 Å². The van der Waals surface area contributed by atoms with E-state index in [0.717, 1.165) is 18.0 Å². The molecule has 0 amide bonds. The molecule has 1 aliphatic carbocycles. The van der Waals surface area contributed by atoms with Crippen LogP contribution in [-0.4, -0.2) is 25.2 Å². The minimum absolute atomic E-state index is 0.456. The average molecular weight is 295 g/mol. The molecular formula is C19H38N2. The number of unbranched alkanes of at least 4 members (excludes halogenated alkanes) is 2. The van der Waals surface area contributed by atoms with Gasteiger partial charge in [-0.3, -0.25) is 0 Å². The van der Waals surface area contributed by atoms with E-state index in [-0.39, 0.29) is 0 Å². The first-order chi connectivity index (χ1) is 10.1. The lowest BCUT2D eigenvalue weighted by atomic mass is 9.78. The maximum absolute atomic E-state index is 3.93. The van der Waals surface area contributed by atoms with Crippen LogP contribution in [0.1, 0.15) is 85.0 Å². The molecule has 2 N–H and O–H groups in total. The molecule has 1 saturated carbocycles. The number of rotatable bonds is 8. The number of hydrogen-bond donors (Lipinski definition) is 2. The SMILES string of the molecule is CCCCCC(C)(C)CNCC1CCC2CCCCC2N1. The molecule has 0 spiro atoms. The normalized spacial score (nSPS) is 30.1. The van der Waals surface area contributed by atoms with Crippen molar-refractivity contribution in [1.29, 1.82) is 0 Å². The highest BCUT2D eigenvalue weighted by Gasteiger charge is 2.31. The van der Waals surface area contributed by atoms with E-state index in [4.69, 9.17) is 0 Å². The zero-order chi connectivity index (χ0) is 15.1. The highest BCUT2D eigenvalue weighted by molar-refractivity contribution is 4.90. The second-order valence-corrected chi connectivity index (χ2v) is 8.34. The molecule has 2 nitrogen and oxygen atoms in total. The zero-order valence-electron chi connectivity index (χ0n) is 14.7. The van der Waals surface area contributed by atoms with Crippen LogP contribution < -0.4 is 10.6 Å². The summed E-state index contributed by atoms with van der Waals surface area (Å²) in [5.74, 6) is 0.987. The van der Waals surface area contributed by atoms with Crippen LogP contribution >= 0.6 is 0 Å². The van der Waals surface area contributed by atoms with E-state index in [1.54, 1.807) is 0 Å². The van der Waals surface area contributed by atoms with E-state index in [9.17, 15) is 0 Å². The third kappa shape index (κ3) is 5.90. The maximum atomic E-state index is 3.93. The lowest BCUT2D eigenvalue weighted by molar-refractivity contribution is 0.171. The van der Waals surface area contributed by atoms with Gasteiger partial charge in [-0.2, -0.15) is 0 Å². The molecule has 2 rings (SSSR count). The predicted octanol–water partition coefficient (Wildman–Crippen LogP) is 4.49. The number of nitrogens with one attached hydrogen (secondary N) is 2. The van der Waals surface area contributed by atoms with Gasteiger partial charge in [0.25, 0.3) is 0 Å². The van der Waals surface area contributed by atoms with Crippen molar-refractivity contribution in [1.82, 2.24) is 10.6 Å². The second-order valence-electron chi connectivity index (χ2n) is 8.34. The molecule has 0 aromatic rings. The third-order valence-corrected chi connectivity index (χ3v) is 5.70. The summed E-state index contributed by atoms with van der Waals surface area (Å²) < 4.78 is 0. The first kappa shape index (κ1) is 17.3. The maximum Gasteiger partial charge on any atom is 0.0195 e. The van der Waals surface area contributed by atoms with E-state index in [1.807, 2.05) is 0 Å². The van der Waals surface area contributed by atoms with Crippen molar-refractivity contribution < 1.29 is 0 Å². The summed E-state index contributed by atoms with van der Waals surface area (Å²) in [5, 5.41) is 7.69. The van der Waals surface area contributed by atoms with Gasteiger partial charge in [0.1, 0.15) is 0 Å². The minimum atomic E-state index is 0.456. The molecule has 3 atom stereocenters. The Labute approximate surface area is 132 Å². The molecule has 2 fully saturated rings. The molecule has 2 heteroatoms. The highest BCUT2D eigenvalue weighted by Crippen LogP contribution is 2.32. The van der Waals surface area contributed by atoms with Gasteiger partial charge in [0.05, 0.1) is 0 Å². The molecule has 124 valence electrons. The van der Waals surface area contributed by atoms with E-state index < -0.39 is 0 Å². The topological polar surface area (TPSA) is 24.1 Å². The Bertz CT molecular complexity index is 287. The smallest absolute Gasteiger partial charge is 0.0195 e. The van der Waals surface area contributed by atoms with Gasteiger partial charge in [-0.1, -0.05) is 52.9 Å². The standard InChI is InChI=1S/C19H38N2/c1-4-5-8-13-19(2,3)15-20-14-17-12-11-16-9-6-7-10-18(16)21-17/h16-18,20-21H,4-15H2,1-3H3. The minimum Gasteiger partial charge on any atom is -0.315 e. The summed E-state index contributed by atoms with van der Waals surface area (Å²) >= 11 is 0. The van der Waals surface area contributed by atoms with Crippen molar-refractivity contribution in [2.24, 2.45) is 11.3 Å². The van der Waals surface area contributed by atoms with Gasteiger partial charge >= 0.3 is 0 Å². The quantitative estimate of drug-likeness (QED) is 0.644. The van der Waals surface area contributed by atoms with Crippen LogP contribution in [0.25, 0.3) is 0 Å². The van der Waals surface area contributed by atoms with Crippen molar-refractivity contribution in [3.05, 3.63) is 0 Å². The van der Waals surface area contributed by atoms with Crippen molar-refractivity contribution in [3.8, 4) is 0 Å². The summed E-state index contributed by atoms with van der Waals surface area (Å²) in [6.07, 6.45) is 14.1. The summed E-state index contributed by atoms with van der Waals surface area (Å²) in [7, 11) is 0. The molecule has 21 heavy (non-hydrogen) atoms. The Hall–Kier alpha value is -0.0800. The monoisotopic (exact) mass is 294 g/mol. The Kier molecular flexibility index (Phi) is 7.01. The largest absolute Gasteiger partial charge is 0.315 e. The molecule has 0 aromatic carbocycles. The predicted molar refractivity (Wildman–Crippen MR) is 92.7 cm³/mol. The van der Waals surface area contributed by atoms with Gasteiger partial charge in [-0.25, -0.2) is 0 Å². The van der Waals surface area contributed by atoms with Gasteiger partial charge in [-0.05, 0) is 43.4 Å². The van der Waals surface area contributed by atoms with E-state index >= 15 is 0 Å². The van der Waals surface area contributed by atoms with Crippen LogP contribution in [0.3, 0.4) is 0 Å². The van der Waals surface area contributed by atoms with E-state index in [1.165, 1.54) is 77.3 Å². The highest BCUT2D eigenvalue weighted by atomic mass is 15.0. The lowest BCUT2D eigenvalue weighted by Crippen LogP contribution is -2.52. The fraction of sp³-hybridized carbons (Fsp3) is 1.00. The third-order valence-electron chi connectivity index (χ3n) is 5.70. The fourth-order valence-electron chi connectivity index (χ4n) is 4.26. The van der Waals surface area contributed by atoms with Gasteiger partial charge < -0.3 is 10.6 Å². The molecule has 0 bridgehead atoms. The molecule has 3 unspecified atom stereocenters. The van der Waals surface area contributed by atoms with Crippen molar-refractivity contribution in [2.75, 3.05) is 13.1 Å². The van der Waals surface area contributed by atoms with E-state index in [0.29, 0.717) is 5.41 Å². The molecule has 1 saturated heterocycles. The van der Waals surface area contributed by atoms with Crippen molar-refractivity contribution in [3.63, 3.8) is 0 Å². The summed E-state index contributed by atoms with van der Waals surface area (Å²) in [4.78, 5) is 0. The first-order valence-corrected chi connectivity index (χ1v) is 9.57. The molecule has 1 aliphatic heterocycles. The van der Waals surface area contributed by atoms with E-state index in [2.05, 4.69) is 31.4 Å². The van der Waals surface area contributed by atoms with Gasteiger partial charge in [0, 0.05) is 25.2 Å². The molecule has 0 aromatic heterocycles. The molecule has 0 radical (unpaired) electrons. The summed E-state index contributed by atoms with van der Waals surface area (Å²) in [5.41, 5.74) is 0.456.